The van der Waals surface area contributed by atoms with Crippen molar-refractivity contribution < 1.29 is 28.8 Å². The Morgan fingerprint density at radius 1 is 0.900 bits per heavy atom. The van der Waals surface area contributed by atoms with Gasteiger partial charge in [0.1, 0.15) is 6.04 Å². The summed E-state index contributed by atoms with van der Waals surface area (Å²) in [6, 6.07) is 17.2. The molecule has 0 aromatic heterocycles. The third kappa shape index (κ3) is 3.79. The quantitative estimate of drug-likeness (QED) is 0.151. The van der Waals surface area contributed by atoms with Crippen molar-refractivity contribution in [3.8, 4) is 0 Å². The van der Waals surface area contributed by atoms with Gasteiger partial charge in [-0.3, -0.25) is 24.5 Å². The molecule has 0 aliphatic carbocycles. The fourth-order valence-electron chi connectivity index (χ4n) is 5.99. The maximum absolute atomic E-state index is 14.0. The molecule has 10 nitrogen and oxygen atoms in total. The number of ether oxygens (including phenoxy) is 1. The van der Waals surface area contributed by atoms with Crippen molar-refractivity contribution in [3.63, 3.8) is 0 Å². The molecule has 3 aromatic carbocycles. The molecule has 6 rings (SSSR count). The number of amides is 2. The lowest BCUT2D eigenvalue weighted by Gasteiger charge is -2.35. The minimum atomic E-state index is -0.999. The molecule has 3 aromatic rings. The molecule has 3 aliphatic heterocycles. The number of carbonyl (C=O) groups is 4. The molecule has 0 saturated carbocycles. The van der Waals surface area contributed by atoms with Crippen LogP contribution in [0.4, 0.5) is 11.4 Å². The molecular weight excluding hydrogens is 514 g/mol. The number of Topliss-reactive ketones (excluding diaryl/α,β-unsaturated/α-hetero) is 1. The van der Waals surface area contributed by atoms with E-state index in [0.717, 1.165) is 16.0 Å². The Kier molecular flexibility index (Phi) is 6.02. The van der Waals surface area contributed by atoms with E-state index in [4.69, 9.17) is 4.74 Å². The van der Waals surface area contributed by atoms with E-state index >= 15 is 0 Å². The highest BCUT2D eigenvalue weighted by Crippen LogP contribution is 2.53. The number of hydrogen-bond donors (Lipinski definition) is 0. The van der Waals surface area contributed by atoms with Gasteiger partial charge in [-0.15, -0.1) is 0 Å². The minimum absolute atomic E-state index is 0.157. The van der Waals surface area contributed by atoms with E-state index in [9.17, 15) is 29.3 Å². The first-order valence-corrected chi connectivity index (χ1v) is 12.8. The number of imide groups is 1. The van der Waals surface area contributed by atoms with Crippen molar-refractivity contribution >= 4 is 41.0 Å². The number of fused-ring (bicyclic) bond motifs is 5. The van der Waals surface area contributed by atoms with Crippen LogP contribution in [0.15, 0.2) is 79.0 Å². The topological polar surface area (TPSA) is 127 Å². The molecule has 0 N–H and O–H groups in total. The Morgan fingerprint density at radius 2 is 1.55 bits per heavy atom. The van der Waals surface area contributed by atoms with Crippen LogP contribution in [-0.4, -0.2) is 46.0 Å². The molecule has 3 heterocycles. The zero-order valence-corrected chi connectivity index (χ0v) is 21.3. The predicted molar refractivity (Wildman–Crippen MR) is 143 cm³/mol. The highest BCUT2D eigenvalue weighted by atomic mass is 16.6. The fourth-order valence-corrected chi connectivity index (χ4v) is 5.99. The monoisotopic (exact) mass is 537 g/mol. The number of rotatable bonds is 6. The summed E-state index contributed by atoms with van der Waals surface area (Å²) in [5, 5.41) is 11.1. The van der Waals surface area contributed by atoms with Gasteiger partial charge >= 0.3 is 5.97 Å². The molecular formula is C30H23N3O7. The first-order valence-electron chi connectivity index (χ1n) is 12.8. The van der Waals surface area contributed by atoms with Crippen LogP contribution in [0.3, 0.4) is 0 Å². The van der Waals surface area contributed by atoms with Gasteiger partial charge in [-0.2, -0.15) is 0 Å². The maximum Gasteiger partial charge on any atom is 0.338 e. The van der Waals surface area contributed by atoms with Crippen LogP contribution in [0.5, 0.6) is 0 Å². The molecule has 4 atom stereocenters. The molecule has 2 fully saturated rings. The highest BCUT2D eigenvalue weighted by molar-refractivity contribution is 6.24. The summed E-state index contributed by atoms with van der Waals surface area (Å²) >= 11 is 0. The van der Waals surface area contributed by atoms with Crippen molar-refractivity contribution in [2.45, 2.75) is 19.0 Å². The Hall–Kier alpha value is -5.12. The normalized spacial score (nSPS) is 22.5. The molecule has 200 valence electrons. The lowest BCUT2D eigenvalue weighted by atomic mass is 9.83. The second-order valence-electron chi connectivity index (χ2n) is 9.78. The van der Waals surface area contributed by atoms with Crippen molar-refractivity contribution in [3.05, 3.63) is 111 Å². The molecule has 4 unspecified atom stereocenters. The van der Waals surface area contributed by atoms with Gasteiger partial charge in [-0.25, -0.2) is 9.69 Å². The fraction of sp³-hybridized carbons (Fsp3) is 0.200. The molecule has 3 aliphatic rings. The molecule has 0 bridgehead atoms. The van der Waals surface area contributed by atoms with Gasteiger partial charge in [0.05, 0.1) is 40.7 Å². The van der Waals surface area contributed by atoms with Gasteiger partial charge in [-0.1, -0.05) is 24.3 Å². The number of esters is 1. The van der Waals surface area contributed by atoms with Gasteiger partial charge in [-0.05, 0) is 60.5 Å². The van der Waals surface area contributed by atoms with Gasteiger partial charge in [0.2, 0.25) is 11.8 Å². The van der Waals surface area contributed by atoms with Crippen LogP contribution in [0.1, 0.15) is 44.8 Å². The first-order chi connectivity index (χ1) is 19.3. The second-order valence-corrected chi connectivity index (χ2v) is 9.78. The van der Waals surface area contributed by atoms with E-state index in [-0.39, 0.29) is 23.4 Å². The largest absolute Gasteiger partial charge is 0.462 e. The highest BCUT2D eigenvalue weighted by Gasteiger charge is 2.64. The van der Waals surface area contributed by atoms with Gasteiger partial charge < -0.3 is 9.64 Å². The number of carbonyl (C=O) groups excluding carboxylic acids is 4. The van der Waals surface area contributed by atoms with E-state index in [1.54, 1.807) is 18.0 Å². The van der Waals surface area contributed by atoms with Crippen molar-refractivity contribution in [1.82, 2.24) is 4.90 Å². The predicted octanol–water partition coefficient (Wildman–Crippen LogP) is 4.17. The van der Waals surface area contributed by atoms with Crippen molar-refractivity contribution in [2.24, 2.45) is 11.8 Å². The SMILES string of the molecule is CCOC(=O)c1ccc(N2C(=O)C3C(C2=O)C2c4ccccc4C=CN2C3C(=O)c2ccc([N+](=O)[O-])cc2)cc1. The second kappa shape index (κ2) is 9.57. The van der Waals surface area contributed by atoms with Gasteiger partial charge in [0, 0.05) is 23.9 Å². The Labute approximate surface area is 228 Å². The summed E-state index contributed by atoms with van der Waals surface area (Å²) in [7, 11) is 0. The number of anilines is 1. The zero-order chi connectivity index (χ0) is 28.1. The summed E-state index contributed by atoms with van der Waals surface area (Å²) < 4.78 is 5.02. The summed E-state index contributed by atoms with van der Waals surface area (Å²) in [6.07, 6.45) is 3.60. The first kappa shape index (κ1) is 25.2. The van der Waals surface area contributed by atoms with Gasteiger partial charge in [0.25, 0.3) is 5.69 Å². The summed E-state index contributed by atoms with van der Waals surface area (Å²) in [4.78, 5) is 67.4. The van der Waals surface area contributed by atoms with Crippen LogP contribution in [0.25, 0.3) is 6.08 Å². The number of nitrogens with zero attached hydrogens (tertiary/aromatic N) is 3. The van der Waals surface area contributed by atoms with Crippen molar-refractivity contribution in [1.29, 1.82) is 0 Å². The third-order valence-corrected chi connectivity index (χ3v) is 7.73. The smallest absolute Gasteiger partial charge is 0.338 e. The molecule has 2 saturated heterocycles. The Balaban J connectivity index is 1.41. The Bertz CT molecular complexity index is 1600. The summed E-state index contributed by atoms with van der Waals surface area (Å²) in [5.41, 5.74) is 2.36. The summed E-state index contributed by atoms with van der Waals surface area (Å²) in [6.45, 7) is 1.91. The molecule has 0 spiro atoms. The minimum Gasteiger partial charge on any atom is -0.462 e. The Morgan fingerprint density at radius 3 is 2.23 bits per heavy atom. The van der Waals surface area contributed by atoms with E-state index in [0.29, 0.717) is 5.69 Å². The average Bonchev–Trinajstić information content (AvgIpc) is 3.45. The number of nitro groups is 1. The molecule has 0 radical (unpaired) electrons. The van der Waals surface area contributed by atoms with E-state index in [1.807, 2.05) is 30.3 Å². The standard InChI is InChI=1S/C30H23N3O7/c1-2-40-30(37)19-9-11-20(12-10-19)32-28(35)23-24(29(32)36)26(27(34)18-7-13-21(14-8-18)33(38)39)31-16-15-17-5-3-4-6-22(17)25(23)31/h3-16,23-26H,2H2,1H3. The molecule has 40 heavy (non-hydrogen) atoms. The van der Waals surface area contributed by atoms with Crippen LogP contribution in [0.2, 0.25) is 0 Å². The number of ketones is 1. The van der Waals surface area contributed by atoms with Crippen LogP contribution >= 0.6 is 0 Å². The lowest BCUT2D eigenvalue weighted by Crippen LogP contribution is -2.44. The third-order valence-electron chi connectivity index (χ3n) is 7.73. The summed E-state index contributed by atoms with van der Waals surface area (Å²) in [5.74, 6) is -3.69. The van der Waals surface area contributed by atoms with E-state index < -0.39 is 52.4 Å². The number of benzene rings is 3. The maximum atomic E-state index is 14.0. The van der Waals surface area contributed by atoms with Crippen LogP contribution in [0, 0.1) is 22.0 Å². The van der Waals surface area contributed by atoms with Crippen LogP contribution in [-0.2, 0) is 14.3 Å². The number of non-ortho nitro benzene ring substituents is 1. The zero-order valence-electron chi connectivity index (χ0n) is 21.3. The van der Waals surface area contributed by atoms with E-state index in [1.165, 1.54) is 48.5 Å². The van der Waals surface area contributed by atoms with Crippen molar-refractivity contribution in [2.75, 3.05) is 11.5 Å². The van der Waals surface area contributed by atoms with Gasteiger partial charge in [0.15, 0.2) is 5.78 Å². The lowest BCUT2D eigenvalue weighted by molar-refractivity contribution is -0.384. The number of hydrogen-bond acceptors (Lipinski definition) is 8. The molecule has 2 amide bonds. The number of nitro benzene ring substituents is 1. The molecule has 10 heteroatoms. The average molecular weight is 538 g/mol. The van der Waals surface area contributed by atoms with Crippen LogP contribution < -0.4 is 4.90 Å². The van der Waals surface area contributed by atoms with E-state index in [2.05, 4.69) is 0 Å².